The molecule has 0 atom stereocenters. The minimum Gasteiger partial charge on any atom is -0.494 e. The first-order valence-corrected chi connectivity index (χ1v) is 5.92. The van der Waals surface area contributed by atoms with E-state index in [2.05, 4.69) is 10.6 Å². The molecule has 0 fully saturated rings. The minimum atomic E-state index is 0. The minimum absolute atomic E-state index is 0. The Bertz CT molecular complexity index is 320. The van der Waals surface area contributed by atoms with E-state index in [1.807, 2.05) is 37.4 Å². The van der Waals surface area contributed by atoms with E-state index in [0.29, 0.717) is 26.1 Å². The van der Waals surface area contributed by atoms with Crippen LogP contribution in [-0.2, 0) is 4.79 Å². The fourth-order valence-corrected chi connectivity index (χ4v) is 1.33. The normalized spacial score (nSPS) is 9.39. The number of rotatable bonds is 8. The van der Waals surface area contributed by atoms with Gasteiger partial charge in [0.1, 0.15) is 5.75 Å². The smallest absolute Gasteiger partial charge is 0.221 e. The number of halogens is 1. The fourth-order valence-electron chi connectivity index (χ4n) is 1.33. The molecule has 2 N–H and O–H groups in total. The predicted molar refractivity (Wildman–Crippen MR) is 75.4 cm³/mol. The van der Waals surface area contributed by atoms with Crippen LogP contribution in [0.4, 0.5) is 0 Å². The van der Waals surface area contributed by atoms with Gasteiger partial charge in [-0.1, -0.05) is 18.2 Å². The highest BCUT2D eigenvalue weighted by atomic mass is 35.5. The number of amides is 1. The van der Waals surface area contributed by atoms with Gasteiger partial charge in [0.25, 0.3) is 0 Å². The van der Waals surface area contributed by atoms with Crippen molar-refractivity contribution in [1.82, 2.24) is 10.6 Å². The van der Waals surface area contributed by atoms with Crippen LogP contribution in [0.3, 0.4) is 0 Å². The van der Waals surface area contributed by atoms with Gasteiger partial charge in [-0.2, -0.15) is 0 Å². The molecule has 4 nitrogen and oxygen atoms in total. The molecule has 1 rings (SSSR count). The van der Waals surface area contributed by atoms with Gasteiger partial charge in [0.2, 0.25) is 5.91 Å². The third kappa shape index (κ3) is 7.92. The number of para-hydroxylation sites is 1. The quantitative estimate of drug-likeness (QED) is 0.707. The Balaban J connectivity index is 0.00000289. The molecule has 5 heteroatoms. The molecule has 0 saturated carbocycles. The Morgan fingerprint density at radius 3 is 2.61 bits per heavy atom. The number of ether oxygens (including phenoxy) is 1. The van der Waals surface area contributed by atoms with Crippen molar-refractivity contribution in [3.05, 3.63) is 30.3 Å². The second kappa shape index (κ2) is 10.9. The molecular weight excluding hydrogens is 252 g/mol. The summed E-state index contributed by atoms with van der Waals surface area (Å²) in [5, 5.41) is 5.78. The molecule has 0 saturated heterocycles. The van der Waals surface area contributed by atoms with Gasteiger partial charge in [-0.25, -0.2) is 0 Å². The van der Waals surface area contributed by atoms with Crippen molar-refractivity contribution < 1.29 is 9.53 Å². The third-order valence-electron chi connectivity index (χ3n) is 2.26. The first-order valence-electron chi connectivity index (χ1n) is 5.92. The van der Waals surface area contributed by atoms with Gasteiger partial charge in [0.15, 0.2) is 0 Å². The van der Waals surface area contributed by atoms with Crippen molar-refractivity contribution in [3.8, 4) is 5.75 Å². The molecule has 0 spiro atoms. The molecule has 1 amide bonds. The van der Waals surface area contributed by atoms with Gasteiger partial charge in [0.05, 0.1) is 6.61 Å². The lowest BCUT2D eigenvalue weighted by Gasteiger charge is -2.07. The zero-order chi connectivity index (χ0) is 12.3. The topological polar surface area (TPSA) is 50.4 Å². The van der Waals surface area contributed by atoms with Gasteiger partial charge in [-0.3, -0.25) is 4.79 Å². The summed E-state index contributed by atoms with van der Waals surface area (Å²) in [4.78, 5) is 11.2. The maximum Gasteiger partial charge on any atom is 0.221 e. The van der Waals surface area contributed by atoms with Gasteiger partial charge in [-0.05, 0) is 25.6 Å². The number of carbonyl (C=O) groups is 1. The maximum atomic E-state index is 11.2. The largest absolute Gasteiger partial charge is 0.494 e. The van der Waals surface area contributed by atoms with E-state index < -0.39 is 0 Å². The van der Waals surface area contributed by atoms with Crippen LogP contribution >= 0.6 is 12.4 Å². The van der Waals surface area contributed by atoms with E-state index in [-0.39, 0.29) is 18.3 Å². The fraction of sp³-hybridized carbons (Fsp3) is 0.462. The van der Waals surface area contributed by atoms with Crippen molar-refractivity contribution in [2.45, 2.75) is 12.8 Å². The molecule has 1 aromatic carbocycles. The van der Waals surface area contributed by atoms with E-state index in [0.717, 1.165) is 12.2 Å². The lowest BCUT2D eigenvalue weighted by atomic mass is 10.3. The molecule has 0 radical (unpaired) electrons. The zero-order valence-electron chi connectivity index (χ0n) is 10.6. The average Bonchev–Trinajstić information content (AvgIpc) is 2.37. The van der Waals surface area contributed by atoms with Crippen LogP contribution in [0.5, 0.6) is 5.75 Å². The summed E-state index contributed by atoms with van der Waals surface area (Å²) in [6.45, 7) is 2.00. The molecule has 18 heavy (non-hydrogen) atoms. The van der Waals surface area contributed by atoms with E-state index in [1.165, 1.54) is 0 Å². The molecular formula is C13H21ClN2O2. The summed E-state index contributed by atoms with van der Waals surface area (Å²) in [6.07, 6.45) is 1.34. The standard InChI is InChI=1S/C13H20N2O2.ClH/c1-14-10-8-13(16)15-9-5-11-17-12-6-3-2-4-7-12;/h2-4,6-7,14H,5,8-11H2,1H3,(H,15,16);1H. The summed E-state index contributed by atoms with van der Waals surface area (Å²) >= 11 is 0. The molecule has 0 heterocycles. The SMILES string of the molecule is CNCCC(=O)NCCCOc1ccccc1.Cl. The summed E-state index contributed by atoms with van der Waals surface area (Å²) in [5.74, 6) is 0.952. The molecule has 0 unspecified atom stereocenters. The van der Waals surface area contributed by atoms with Crippen molar-refractivity contribution in [1.29, 1.82) is 0 Å². The highest BCUT2D eigenvalue weighted by molar-refractivity contribution is 5.85. The average molecular weight is 273 g/mol. The maximum absolute atomic E-state index is 11.2. The Morgan fingerprint density at radius 1 is 1.22 bits per heavy atom. The van der Waals surface area contributed by atoms with Crippen LogP contribution in [0, 0.1) is 0 Å². The highest BCUT2D eigenvalue weighted by Crippen LogP contribution is 2.07. The summed E-state index contributed by atoms with van der Waals surface area (Å²) in [5.41, 5.74) is 0. The Labute approximate surface area is 115 Å². The van der Waals surface area contributed by atoms with Crippen LogP contribution in [0.25, 0.3) is 0 Å². The second-order valence-electron chi connectivity index (χ2n) is 3.72. The van der Waals surface area contributed by atoms with E-state index in [1.54, 1.807) is 0 Å². The monoisotopic (exact) mass is 272 g/mol. The predicted octanol–water partition coefficient (Wildman–Crippen LogP) is 1.60. The van der Waals surface area contributed by atoms with Gasteiger partial charge >= 0.3 is 0 Å². The number of hydrogen-bond donors (Lipinski definition) is 2. The molecule has 0 aliphatic rings. The van der Waals surface area contributed by atoms with Crippen LogP contribution in [0.1, 0.15) is 12.8 Å². The van der Waals surface area contributed by atoms with E-state index >= 15 is 0 Å². The van der Waals surface area contributed by atoms with Crippen LogP contribution in [0.2, 0.25) is 0 Å². The van der Waals surface area contributed by atoms with Crippen molar-refractivity contribution in [2.75, 3.05) is 26.7 Å². The zero-order valence-corrected chi connectivity index (χ0v) is 11.5. The van der Waals surface area contributed by atoms with Crippen molar-refractivity contribution >= 4 is 18.3 Å². The molecule has 102 valence electrons. The third-order valence-corrected chi connectivity index (χ3v) is 2.26. The van der Waals surface area contributed by atoms with Gasteiger partial charge < -0.3 is 15.4 Å². The van der Waals surface area contributed by atoms with Crippen molar-refractivity contribution in [2.24, 2.45) is 0 Å². The number of hydrogen-bond acceptors (Lipinski definition) is 3. The van der Waals surface area contributed by atoms with Crippen LogP contribution in [0.15, 0.2) is 30.3 Å². The number of nitrogens with one attached hydrogen (secondary N) is 2. The summed E-state index contributed by atoms with van der Waals surface area (Å²) in [7, 11) is 1.83. The molecule has 0 bridgehead atoms. The van der Waals surface area contributed by atoms with Crippen LogP contribution < -0.4 is 15.4 Å². The lowest BCUT2D eigenvalue weighted by molar-refractivity contribution is -0.121. The number of benzene rings is 1. The summed E-state index contributed by atoms with van der Waals surface area (Å²) < 4.78 is 5.51. The van der Waals surface area contributed by atoms with Gasteiger partial charge in [-0.15, -0.1) is 12.4 Å². The second-order valence-corrected chi connectivity index (χ2v) is 3.72. The summed E-state index contributed by atoms with van der Waals surface area (Å²) in [6, 6.07) is 9.68. The molecule has 0 aliphatic heterocycles. The molecule has 1 aromatic rings. The highest BCUT2D eigenvalue weighted by Gasteiger charge is 1.98. The first-order chi connectivity index (χ1) is 8.33. The van der Waals surface area contributed by atoms with Crippen LogP contribution in [-0.4, -0.2) is 32.7 Å². The number of carbonyl (C=O) groups excluding carboxylic acids is 1. The first kappa shape index (κ1) is 16.7. The van der Waals surface area contributed by atoms with Crippen molar-refractivity contribution in [3.63, 3.8) is 0 Å². The Morgan fingerprint density at radius 2 is 1.94 bits per heavy atom. The van der Waals surface area contributed by atoms with Gasteiger partial charge in [0, 0.05) is 19.5 Å². The molecule has 0 aliphatic carbocycles. The molecule has 0 aromatic heterocycles. The lowest BCUT2D eigenvalue weighted by Crippen LogP contribution is -2.28. The van der Waals surface area contributed by atoms with E-state index in [4.69, 9.17) is 4.74 Å². The Hall–Kier alpha value is -1.26. The Kier molecular flexibility index (Phi) is 10.1. The van der Waals surface area contributed by atoms with E-state index in [9.17, 15) is 4.79 Å².